The lowest BCUT2D eigenvalue weighted by Gasteiger charge is -2.63. The van der Waals surface area contributed by atoms with E-state index in [9.17, 15) is 0 Å². The molecule has 4 atom stereocenters. The van der Waals surface area contributed by atoms with E-state index in [1.165, 1.54) is 38.5 Å². The van der Waals surface area contributed by atoms with Crippen LogP contribution in [-0.4, -0.2) is 12.2 Å². The highest BCUT2D eigenvalue weighted by atomic mass is 16.5. The van der Waals surface area contributed by atoms with Crippen molar-refractivity contribution in [1.82, 2.24) is 0 Å². The standard InChI is InChI=1S/C16H25NO/c1-12(2)15-7-13-6-14(8-15)10-16(9-13,11-15)18-5-3-4-17/h12-14H,3,5-11H2,1-2H3/t13-,14+,15?,16?. The maximum Gasteiger partial charge on any atom is 0.0693 e. The third-order valence-corrected chi connectivity index (χ3v) is 5.90. The number of rotatable bonds is 4. The third-order valence-electron chi connectivity index (χ3n) is 5.90. The number of nitriles is 1. The zero-order valence-corrected chi connectivity index (χ0v) is 11.7. The van der Waals surface area contributed by atoms with Gasteiger partial charge in [0.25, 0.3) is 0 Å². The molecule has 4 aliphatic carbocycles. The van der Waals surface area contributed by atoms with Crippen LogP contribution < -0.4 is 0 Å². The topological polar surface area (TPSA) is 33.0 Å². The second kappa shape index (κ2) is 4.23. The fourth-order valence-electron chi connectivity index (χ4n) is 5.41. The van der Waals surface area contributed by atoms with Crippen LogP contribution in [0.15, 0.2) is 0 Å². The molecule has 0 amide bonds. The van der Waals surface area contributed by atoms with Crippen molar-refractivity contribution in [3.63, 3.8) is 0 Å². The number of hydrogen-bond donors (Lipinski definition) is 0. The molecule has 0 saturated heterocycles. The van der Waals surface area contributed by atoms with Gasteiger partial charge in [-0.15, -0.1) is 0 Å². The highest BCUT2D eigenvalue weighted by Crippen LogP contribution is 2.65. The Balaban J connectivity index is 1.79. The van der Waals surface area contributed by atoms with E-state index in [1.807, 2.05) is 0 Å². The van der Waals surface area contributed by atoms with Gasteiger partial charge in [-0.05, 0) is 61.7 Å². The van der Waals surface area contributed by atoms with Crippen molar-refractivity contribution < 1.29 is 4.74 Å². The van der Waals surface area contributed by atoms with Gasteiger partial charge in [-0.25, -0.2) is 0 Å². The Labute approximate surface area is 111 Å². The Morgan fingerprint density at radius 3 is 2.44 bits per heavy atom. The average molecular weight is 247 g/mol. The van der Waals surface area contributed by atoms with Crippen LogP contribution in [0.2, 0.25) is 0 Å². The molecular formula is C16H25NO. The molecule has 0 aromatic heterocycles. The lowest BCUT2D eigenvalue weighted by molar-refractivity contribution is -0.202. The Kier molecular flexibility index (Phi) is 2.94. The monoisotopic (exact) mass is 247 g/mol. The molecule has 4 saturated carbocycles. The van der Waals surface area contributed by atoms with Crippen molar-refractivity contribution in [2.75, 3.05) is 6.61 Å². The van der Waals surface area contributed by atoms with Crippen molar-refractivity contribution in [2.45, 2.75) is 64.4 Å². The van der Waals surface area contributed by atoms with Crippen LogP contribution in [0.5, 0.6) is 0 Å². The van der Waals surface area contributed by atoms with E-state index in [0.717, 1.165) is 17.8 Å². The molecule has 0 aliphatic heterocycles. The summed E-state index contributed by atoms with van der Waals surface area (Å²) in [5.74, 6) is 2.58. The second-order valence-corrected chi connectivity index (χ2v) is 7.42. The van der Waals surface area contributed by atoms with Gasteiger partial charge in [-0.3, -0.25) is 0 Å². The first-order valence-corrected chi connectivity index (χ1v) is 7.58. The summed E-state index contributed by atoms with van der Waals surface area (Å²) in [5.41, 5.74) is 0.696. The zero-order valence-electron chi connectivity index (χ0n) is 11.7. The van der Waals surface area contributed by atoms with Crippen LogP contribution in [-0.2, 0) is 4.74 Å². The molecule has 4 rings (SSSR count). The van der Waals surface area contributed by atoms with Gasteiger partial charge in [0.05, 0.1) is 24.7 Å². The van der Waals surface area contributed by atoms with E-state index >= 15 is 0 Å². The minimum absolute atomic E-state index is 0.144. The summed E-state index contributed by atoms with van der Waals surface area (Å²) in [7, 11) is 0. The molecule has 0 N–H and O–H groups in total. The molecule has 0 heterocycles. The molecule has 0 aromatic carbocycles. The molecule has 4 bridgehead atoms. The van der Waals surface area contributed by atoms with Crippen LogP contribution in [0, 0.1) is 34.5 Å². The number of ether oxygens (including phenoxy) is 1. The van der Waals surface area contributed by atoms with E-state index in [1.54, 1.807) is 0 Å². The van der Waals surface area contributed by atoms with Gasteiger partial charge in [0.1, 0.15) is 0 Å². The lowest BCUT2D eigenvalue weighted by atomic mass is 9.45. The van der Waals surface area contributed by atoms with Crippen molar-refractivity contribution >= 4 is 0 Å². The SMILES string of the molecule is CC(C)C12C[C@@H]3C[C@@H](CC(OCCC#N)(C3)C1)C2. The molecule has 2 nitrogen and oxygen atoms in total. The highest BCUT2D eigenvalue weighted by Gasteiger charge is 2.59. The van der Waals surface area contributed by atoms with Crippen molar-refractivity contribution in [3.05, 3.63) is 0 Å². The first-order chi connectivity index (χ1) is 8.57. The summed E-state index contributed by atoms with van der Waals surface area (Å²) in [6.45, 7) is 5.44. The van der Waals surface area contributed by atoms with Crippen LogP contribution in [0.4, 0.5) is 0 Å². The Bertz CT molecular complexity index is 354. The fraction of sp³-hybridized carbons (Fsp3) is 0.938. The van der Waals surface area contributed by atoms with Gasteiger partial charge in [0.15, 0.2) is 0 Å². The summed E-state index contributed by atoms with van der Waals surface area (Å²) in [6.07, 6.45) is 8.65. The molecular weight excluding hydrogens is 222 g/mol. The molecule has 100 valence electrons. The molecule has 2 heteroatoms. The summed E-state index contributed by atoms with van der Waals surface area (Å²) in [4.78, 5) is 0. The van der Waals surface area contributed by atoms with Gasteiger partial charge in [-0.1, -0.05) is 13.8 Å². The Hall–Kier alpha value is -0.550. The predicted molar refractivity (Wildman–Crippen MR) is 70.9 cm³/mol. The van der Waals surface area contributed by atoms with Crippen LogP contribution >= 0.6 is 0 Å². The van der Waals surface area contributed by atoms with Gasteiger partial charge < -0.3 is 4.74 Å². The summed E-state index contributed by atoms with van der Waals surface area (Å²) in [6, 6.07) is 2.21. The summed E-state index contributed by atoms with van der Waals surface area (Å²) < 4.78 is 6.24. The molecule has 0 radical (unpaired) electrons. The van der Waals surface area contributed by atoms with Crippen molar-refractivity contribution in [1.29, 1.82) is 5.26 Å². The molecule has 4 aliphatic rings. The quantitative estimate of drug-likeness (QED) is 0.706. The average Bonchev–Trinajstić information content (AvgIpc) is 2.27. The predicted octanol–water partition coefficient (Wildman–Crippen LogP) is 3.91. The fourth-order valence-corrected chi connectivity index (χ4v) is 5.41. The van der Waals surface area contributed by atoms with Gasteiger partial charge >= 0.3 is 0 Å². The number of hydrogen-bond acceptors (Lipinski definition) is 2. The Morgan fingerprint density at radius 2 is 1.89 bits per heavy atom. The molecule has 0 spiro atoms. The van der Waals surface area contributed by atoms with Crippen molar-refractivity contribution in [3.8, 4) is 6.07 Å². The van der Waals surface area contributed by atoms with Crippen LogP contribution in [0.1, 0.15) is 58.8 Å². The van der Waals surface area contributed by atoms with E-state index in [2.05, 4.69) is 19.9 Å². The van der Waals surface area contributed by atoms with Crippen LogP contribution in [0.25, 0.3) is 0 Å². The first-order valence-electron chi connectivity index (χ1n) is 7.58. The zero-order chi connectivity index (χ0) is 12.8. The van der Waals surface area contributed by atoms with E-state index in [-0.39, 0.29) is 5.60 Å². The molecule has 2 unspecified atom stereocenters. The minimum Gasteiger partial charge on any atom is -0.374 e. The molecule has 0 aromatic rings. The largest absolute Gasteiger partial charge is 0.374 e. The van der Waals surface area contributed by atoms with Crippen molar-refractivity contribution in [2.24, 2.45) is 23.2 Å². The maximum absolute atomic E-state index is 8.69. The molecule has 18 heavy (non-hydrogen) atoms. The van der Waals surface area contributed by atoms with E-state index in [0.29, 0.717) is 18.4 Å². The lowest BCUT2D eigenvalue weighted by Crippen LogP contribution is -2.58. The normalized spacial score (nSPS) is 45.4. The molecule has 4 fully saturated rings. The van der Waals surface area contributed by atoms with Gasteiger partial charge in [-0.2, -0.15) is 5.26 Å². The highest BCUT2D eigenvalue weighted by molar-refractivity contribution is 5.10. The third kappa shape index (κ3) is 1.88. The van der Waals surface area contributed by atoms with Gasteiger partial charge in [0.2, 0.25) is 0 Å². The number of nitrogens with zero attached hydrogens (tertiary/aromatic N) is 1. The minimum atomic E-state index is 0.144. The van der Waals surface area contributed by atoms with E-state index < -0.39 is 0 Å². The summed E-state index contributed by atoms with van der Waals surface area (Å²) >= 11 is 0. The van der Waals surface area contributed by atoms with Crippen LogP contribution in [0.3, 0.4) is 0 Å². The smallest absolute Gasteiger partial charge is 0.0693 e. The Morgan fingerprint density at radius 1 is 1.22 bits per heavy atom. The first kappa shape index (κ1) is 12.5. The van der Waals surface area contributed by atoms with Gasteiger partial charge in [0, 0.05) is 0 Å². The second-order valence-electron chi connectivity index (χ2n) is 7.42. The van der Waals surface area contributed by atoms with E-state index in [4.69, 9.17) is 10.00 Å². The summed E-state index contributed by atoms with van der Waals surface area (Å²) in [5, 5.41) is 8.69. The maximum atomic E-state index is 8.69.